The molecule has 0 unspecified atom stereocenters. The number of carbonyl (C=O) groups excluding carboxylic acids is 1. The first-order chi connectivity index (χ1) is 12.0. The van der Waals surface area contributed by atoms with E-state index >= 15 is 0 Å². The van der Waals surface area contributed by atoms with Crippen LogP contribution in [0, 0.1) is 10.1 Å². The lowest BCUT2D eigenvalue weighted by molar-refractivity contribution is -0.386. The molecule has 9 heteroatoms. The van der Waals surface area contributed by atoms with E-state index in [1.807, 2.05) is 0 Å². The van der Waals surface area contributed by atoms with Crippen molar-refractivity contribution in [3.05, 3.63) is 52.6 Å². The van der Waals surface area contributed by atoms with Gasteiger partial charge in [-0.05, 0) is 19.1 Å². The number of ether oxygens (including phenoxy) is 2. The van der Waals surface area contributed by atoms with Crippen LogP contribution in [-0.2, 0) is 4.74 Å². The van der Waals surface area contributed by atoms with Gasteiger partial charge in [0.25, 0.3) is 5.88 Å². The van der Waals surface area contributed by atoms with Crippen molar-refractivity contribution in [2.75, 3.05) is 13.7 Å². The Bertz CT molecular complexity index is 966. The summed E-state index contributed by atoms with van der Waals surface area (Å²) in [5.41, 5.74) is 1.74. The van der Waals surface area contributed by atoms with E-state index in [4.69, 9.17) is 9.47 Å². The molecule has 0 spiro atoms. The van der Waals surface area contributed by atoms with Crippen molar-refractivity contribution >= 4 is 17.3 Å². The molecule has 0 bridgehead atoms. The first-order valence-electron chi connectivity index (χ1n) is 7.38. The number of methoxy groups -OCH3 is 1. The molecule has 0 aliphatic rings. The SMILES string of the molecule is CCOC(=O)c1cnc2ccc(-c3cnc(OC)c([N+](=O)[O-])c3)cn12. The summed E-state index contributed by atoms with van der Waals surface area (Å²) < 4.78 is 11.5. The molecule has 25 heavy (non-hydrogen) atoms. The van der Waals surface area contributed by atoms with Gasteiger partial charge in [0, 0.05) is 29.6 Å². The Morgan fingerprint density at radius 2 is 2.08 bits per heavy atom. The number of hydrogen-bond donors (Lipinski definition) is 0. The Labute approximate surface area is 142 Å². The van der Waals surface area contributed by atoms with Gasteiger partial charge in [0.05, 0.1) is 24.8 Å². The molecule has 0 aliphatic carbocycles. The third-order valence-corrected chi connectivity index (χ3v) is 3.55. The number of fused-ring (bicyclic) bond motifs is 1. The second-order valence-corrected chi connectivity index (χ2v) is 5.02. The van der Waals surface area contributed by atoms with Gasteiger partial charge in [0.15, 0.2) is 5.69 Å². The molecule has 128 valence electrons. The molecule has 0 radical (unpaired) electrons. The number of nitro groups is 1. The number of nitrogens with zero attached hydrogens (tertiary/aromatic N) is 4. The van der Waals surface area contributed by atoms with Crippen LogP contribution in [0.1, 0.15) is 17.4 Å². The molecular weight excluding hydrogens is 328 g/mol. The molecule has 0 N–H and O–H groups in total. The van der Waals surface area contributed by atoms with Crippen LogP contribution in [0.4, 0.5) is 5.69 Å². The van der Waals surface area contributed by atoms with Crippen LogP contribution in [0.25, 0.3) is 16.8 Å². The molecule has 0 aromatic carbocycles. The number of imidazole rings is 1. The Kier molecular flexibility index (Phi) is 4.29. The van der Waals surface area contributed by atoms with Gasteiger partial charge in [-0.15, -0.1) is 0 Å². The van der Waals surface area contributed by atoms with Crippen molar-refractivity contribution in [2.24, 2.45) is 0 Å². The predicted molar refractivity (Wildman–Crippen MR) is 87.6 cm³/mol. The maximum absolute atomic E-state index is 12.0. The number of aromatic nitrogens is 3. The standard InChI is InChI=1S/C16H14N4O5/c1-3-25-16(21)13-8-17-14-5-4-10(9-19(13)14)11-6-12(20(22)23)15(24-2)18-7-11/h4-9H,3H2,1-2H3. The number of rotatable bonds is 5. The number of pyridine rings is 2. The van der Waals surface area contributed by atoms with E-state index in [1.165, 1.54) is 25.6 Å². The quantitative estimate of drug-likeness (QED) is 0.398. The highest BCUT2D eigenvalue weighted by Gasteiger charge is 2.19. The normalized spacial score (nSPS) is 10.6. The zero-order chi connectivity index (χ0) is 18.0. The van der Waals surface area contributed by atoms with Crippen LogP contribution >= 0.6 is 0 Å². The van der Waals surface area contributed by atoms with Crippen molar-refractivity contribution in [3.8, 4) is 17.0 Å². The van der Waals surface area contributed by atoms with Gasteiger partial charge in [-0.2, -0.15) is 0 Å². The Morgan fingerprint density at radius 1 is 1.28 bits per heavy atom. The van der Waals surface area contributed by atoms with Gasteiger partial charge in [0.1, 0.15) is 5.65 Å². The van der Waals surface area contributed by atoms with E-state index in [0.29, 0.717) is 16.8 Å². The van der Waals surface area contributed by atoms with Crippen molar-refractivity contribution in [1.82, 2.24) is 14.4 Å². The summed E-state index contributed by atoms with van der Waals surface area (Å²) in [6.07, 6.45) is 4.54. The highest BCUT2D eigenvalue weighted by Crippen LogP contribution is 2.30. The third-order valence-electron chi connectivity index (χ3n) is 3.55. The zero-order valence-electron chi connectivity index (χ0n) is 13.5. The van der Waals surface area contributed by atoms with E-state index < -0.39 is 10.9 Å². The first kappa shape index (κ1) is 16.4. The Morgan fingerprint density at radius 3 is 2.76 bits per heavy atom. The van der Waals surface area contributed by atoms with Gasteiger partial charge in [-0.1, -0.05) is 0 Å². The van der Waals surface area contributed by atoms with Crippen molar-refractivity contribution in [3.63, 3.8) is 0 Å². The number of esters is 1. The van der Waals surface area contributed by atoms with E-state index in [2.05, 4.69) is 9.97 Å². The monoisotopic (exact) mass is 342 g/mol. The molecule has 0 fully saturated rings. The fourth-order valence-electron chi connectivity index (χ4n) is 2.39. The number of carbonyl (C=O) groups is 1. The zero-order valence-corrected chi connectivity index (χ0v) is 13.5. The average Bonchev–Trinajstić information content (AvgIpc) is 3.04. The van der Waals surface area contributed by atoms with Gasteiger partial charge in [0.2, 0.25) is 0 Å². The third kappa shape index (κ3) is 2.99. The molecule has 3 aromatic rings. The summed E-state index contributed by atoms with van der Waals surface area (Å²) in [5.74, 6) is -0.560. The van der Waals surface area contributed by atoms with Crippen LogP contribution in [0.2, 0.25) is 0 Å². The molecule has 0 atom stereocenters. The van der Waals surface area contributed by atoms with Crippen LogP contribution in [-0.4, -0.2) is 39.0 Å². The molecule has 0 amide bonds. The van der Waals surface area contributed by atoms with Crippen molar-refractivity contribution < 1.29 is 19.2 Å². The molecule has 3 rings (SSSR count). The van der Waals surface area contributed by atoms with E-state index in [-0.39, 0.29) is 23.9 Å². The topological polar surface area (TPSA) is 109 Å². The lowest BCUT2D eigenvalue weighted by Gasteiger charge is -2.06. The summed E-state index contributed by atoms with van der Waals surface area (Å²) in [6, 6.07) is 4.81. The van der Waals surface area contributed by atoms with Crippen molar-refractivity contribution in [2.45, 2.75) is 6.92 Å². The van der Waals surface area contributed by atoms with Gasteiger partial charge in [-0.25, -0.2) is 14.8 Å². The fraction of sp³-hybridized carbons (Fsp3) is 0.188. The minimum Gasteiger partial charge on any atom is -0.476 e. The minimum absolute atomic E-state index is 0.0651. The van der Waals surface area contributed by atoms with Gasteiger partial charge in [-0.3, -0.25) is 14.5 Å². The molecular formula is C16H14N4O5. The predicted octanol–water partition coefficient (Wildman–Crippen LogP) is 2.49. The fourth-order valence-corrected chi connectivity index (χ4v) is 2.39. The highest BCUT2D eigenvalue weighted by molar-refractivity contribution is 5.88. The van der Waals surface area contributed by atoms with Crippen LogP contribution in [0.15, 0.2) is 36.8 Å². The molecule has 0 aliphatic heterocycles. The van der Waals surface area contributed by atoms with Crippen LogP contribution in [0.3, 0.4) is 0 Å². The second kappa shape index (κ2) is 6.56. The van der Waals surface area contributed by atoms with Crippen molar-refractivity contribution in [1.29, 1.82) is 0 Å². The molecule has 3 heterocycles. The maximum Gasteiger partial charge on any atom is 0.356 e. The average molecular weight is 342 g/mol. The Hall–Kier alpha value is -3.49. The summed E-state index contributed by atoms with van der Waals surface area (Å²) in [7, 11) is 1.32. The largest absolute Gasteiger partial charge is 0.476 e. The second-order valence-electron chi connectivity index (χ2n) is 5.02. The van der Waals surface area contributed by atoms with E-state index in [0.717, 1.165) is 0 Å². The smallest absolute Gasteiger partial charge is 0.356 e. The summed E-state index contributed by atoms with van der Waals surface area (Å²) in [5, 5.41) is 11.2. The van der Waals surface area contributed by atoms with E-state index in [9.17, 15) is 14.9 Å². The molecule has 0 saturated heterocycles. The minimum atomic E-state index is -0.560. The maximum atomic E-state index is 12.0. The van der Waals surface area contributed by atoms with Crippen LogP contribution in [0.5, 0.6) is 5.88 Å². The lowest BCUT2D eigenvalue weighted by atomic mass is 10.1. The summed E-state index contributed by atoms with van der Waals surface area (Å²) in [4.78, 5) is 30.7. The van der Waals surface area contributed by atoms with Gasteiger partial charge >= 0.3 is 11.7 Å². The molecule has 3 aromatic heterocycles. The molecule has 0 saturated carbocycles. The summed E-state index contributed by atoms with van der Waals surface area (Å²) >= 11 is 0. The summed E-state index contributed by atoms with van der Waals surface area (Å²) in [6.45, 7) is 1.97. The van der Waals surface area contributed by atoms with E-state index in [1.54, 1.807) is 29.7 Å². The van der Waals surface area contributed by atoms with Gasteiger partial charge < -0.3 is 9.47 Å². The molecule has 9 nitrogen and oxygen atoms in total. The first-order valence-corrected chi connectivity index (χ1v) is 7.38. The van der Waals surface area contributed by atoms with Crippen LogP contribution < -0.4 is 4.74 Å². The lowest BCUT2D eigenvalue weighted by Crippen LogP contribution is -2.07. The Balaban J connectivity index is 2.10. The number of hydrogen-bond acceptors (Lipinski definition) is 7. The highest BCUT2D eigenvalue weighted by atomic mass is 16.6.